The number of likely N-dealkylation sites (N-methyl/N-ethyl adjacent to an activating group) is 1. The molecule has 0 spiro atoms. The highest BCUT2D eigenvalue weighted by atomic mass is 32.2. The second-order valence-electron chi connectivity index (χ2n) is 5.97. The van der Waals surface area contributed by atoms with Crippen LogP contribution >= 0.6 is 11.8 Å². The first-order chi connectivity index (χ1) is 6.83. The van der Waals surface area contributed by atoms with Crippen LogP contribution in [0.1, 0.15) is 34.1 Å². The van der Waals surface area contributed by atoms with Crippen LogP contribution in [0.4, 0.5) is 0 Å². The average Bonchev–Trinajstić information content (AvgIpc) is 2.14. The second kappa shape index (κ2) is 4.64. The summed E-state index contributed by atoms with van der Waals surface area (Å²) in [7, 11) is 2.22. The van der Waals surface area contributed by atoms with Gasteiger partial charge in [0.1, 0.15) is 0 Å². The Balaban J connectivity index is 2.84. The third kappa shape index (κ3) is 2.89. The van der Waals surface area contributed by atoms with Crippen molar-refractivity contribution in [3.8, 4) is 0 Å². The molecule has 0 bridgehead atoms. The van der Waals surface area contributed by atoms with Gasteiger partial charge < -0.3 is 5.73 Å². The zero-order chi connectivity index (χ0) is 11.7. The van der Waals surface area contributed by atoms with Crippen molar-refractivity contribution < 1.29 is 0 Å². The van der Waals surface area contributed by atoms with E-state index in [1.165, 1.54) is 17.9 Å². The molecule has 15 heavy (non-hydrogen) atoms. The molecule has 1 unspecified atom stereocenters. The largest absolute Gasteiger partial charge is 0.329 e. The van der Waals surface area contributed by atoms with Crippen LogP contribution in [0.5, 0.6) is 0 Å². The molecule has 0 radical (unpaired) electrons. The van der Waals surface area contributed by atoms with Crippen molar-refractivity contribution in [3.63, 3.8) is 0 Å². The van der Waals surface area contributed by atoms with E-state index in [2.05, 4.69) is 51.4 Å². The van der Waals surface area contributed by atoms with Crippen LogP contribution in [0.2, 0.25) is 0 Å². The maximum absolute atomic E-state index is 6.04. The molecule has 1 saturated heterocycles. The minimum absolute atomic E-state index is 0.209. The van der Waals surface area contributed by atoms with Crippen molar-refractivity contribution in [1.29, 1.82) is 0 Å². The number of thioether (sulfide) groups is 1. The van der Waals surface area contributed by atoms with Crippen LogP contribution in [0.3, 0.4) is 0 Å². The van der Waals surface area contributed by atoms with Crippen LogP contribution < -0.4 is 5.73 Å². The Bertz CT molecular complexity index is 216. The fourth-order valence-electron chi connectivity index (χ4n) is 2.56. The first-order valence-corrected chi connectivity index (χ1v) is 6.99. The van der Waals surface area contributed by atoms with E-state index in [1.54, 1.807) is 0 Å². The number of hydrogen-bond acceptors (Lipinski definition) is 3. The van der Waals surface area contributed by atoms with Crippen molar-refractivity contribution in [1.82, 2.24) is 4.90 Å². The third-order valence-corrected chi connectivity index (χ3v) is 5.30. The monoisotopic (exact) mass is 230 g/mol. The molecular formula is C12H26N2S. The van der Waals surface area contributed by atoms with E-state index >= 15 is 0 Å². The third-order valence-electron chi connectivity index (χ3n) is 3.57. The molecule has 2 N–H and O–H groups in total. The van der Waals surface area contributed by atoms with E-state index in [-0.39, 0.29) is 5.54 Å². The first kappa shape index (κ1) is 13.3. The number of hydrogen-bond donors (Lipinski definition) is 1. The molecule has 1 aliphatic rings. The Morgan fingerprint density at radius 3 is 2.33 bits per heavy atom. The van der Waals surface area contributed by atoms with Gasteiger partial charge in [0.15, 0.2) is 0 Å². The summed E-state index contributed by atoms with van der Waals surface area (Å²) in [5, 5.41) is 0. The molecule has 1 rings (SSSR count). The van der Waals surface area contributed by atoms with Gasteiger partial charge in [-0.05, 0) is 38.5 Å². The van der Waals surface area contributed by atoms with Crippen molar-refractivity contribution >= 4 is 11.8 Å². The topological polar surface area (TPSA) is 29.3 Å². The molecule has 1 atom stereocenters. The summed E-state index contributed by atoms with van der Waals surface area (Å²) in [5.74, 6) is 2.45. The van der Waals surface area contributed by atoms with Gasteiger partial charge in [-0.3, -0.25) is 4.90 Å². The summed E-state index contributed by atoms with van der Waals surface area (Å²) >= 11 is 2.06. The summed E-state index contributed by atoms with van der Waals surface area (Å²) in [6.07, 6.45) is 1.22. The summed E-state index contributed by atoms with van der Waals surface area (Å²) < 4.78 is 0. The summed E-state index contributed by atoms with van der Waals surface area (Å²) in [4.78, 5) is 2.47. The van der Waals surface area contributed by atoms with Gasteiger partial charge in [0.2, 0.25) is 0 Å². The van der Waals surface area contributed by atoms with Crippen LogP contribution in [-0.4, -0.2) is 41.6 Å². The minimum atomic E-state index is 0.209. The standard InChI is InChI=1S/C12H26N2S/c1-10(2)14(5)12(7-13)6-11(3,4)8-15-9-12/h10H,6-9,13H2,1-5H3. The summed E-state index contributed by atoms with van der Waals surface area (Å²) in [6.45, 7) is 10.0. The molecule has 0 aromatic carbocycles. The van der Waals surface area contributed by atoms with Gasteiger partial charge in [0.25, 0.3) is 0 Å². The Hall–Kier alpha value is 0.270. The highest BCUT2D eigenvalue weighted by Crippen LogP contribution is 2.41. The summed E-state index contributed by atoms with van der Waals surface area (Å²) in [6, 6.07) is 0.572. The minimum Gasteiger partial charge on any atom is -0.329 e. The molecule has 1 heterocycles. The van der Waals surface area contributed by atoms with Crippen LogP contribution in [0.25, 0.3) is 0 Å². The quantitative estimate of drug-likeness (QED) is 0.806. The maximum atomic E-state index is 6.04. The van der Waals surface area contributed by atoms with Crippen LogP contribution in [0.15, 0.2) is 0 Å². The Kier molecular flexibility index (Phi) is 4.13. The lowest BCUT2D eigenvalue weighted by molar-refractivity contribution is 0.0675. The molecule has 0 saturated carbocycles. The maximum Gasteiger partial charge on any atom is 0.0426 e. The predicted molar refractivity (Wildman–Crippen MR) is 70.4 cm³/mol. The average molecular weight is 230 g/mol. The zero-order valence-electron chi connectivity index (χ0n) is 10.8. The van der Waals surface area contributed by atoms with Crippen LogP contribution in [0, 0.1) is 5.41 Å². The highest BCUT2D eigenvalue weighted by molar-refractivity contribution is 7.99. The number of rotatable bonds is 3. The highest BCUT2D eigenvalue weighted by Gasteiger charge is 2.42. The zero-order valence-corrected chi connectivity index (χ0v) is 11.7. The Morgan fingerprint density at radius 2 is 1.93 bits per heavy atom. The fraction of sp³-hybridized carbons (Fsp3) is 1.00. The molecule has 3 heteroatoms. The van der Waals surface area contributed by atoms with E-state index in [0.29, 0.717) is 11.5 Å². The Morgan fingerprint density at radius 1 is 1.33 bits per heavy atom. The fourth-order valence-corrected chi connectivity index (χ4v) is 4.12. The molecular weight excluding hydrogens is 204 g/mol. The summed E-state index contributed by atoms with van der Waals surface area (Å²) in [5.41, 5.74) is 6.67. The molecule has 0 aromatic heterocycles. The lowest BCUT2D eigenvalue weighted by Gasteiger charge is -2.50. The molecule has 1 aliphatic heterocycles. The van der Waals surface area contributed by atoms with Gasteiger partial charge >= 0.3 is 0 Å². The predicted octanol–water partition coefficient (Wildman–Crippen LogP) is 2.19. The molecule has 1 fully saturated rings. The molecule has 2 nitrogen and oxygen atoms in total. The van der Waals surface area contributed by atoms with E-state index in [9.17, 15) is 0 Å². The van der Waals surface area contributed by atoms with Gasteiger partial charge in [-0.1, -0.05) is 13.8 Å². The molecule has 0 aromatic rings. The SMILES string of the molecule is CC(C)N(C)C1(CN)CSCC(C)(C)C1. The number of nitrogens with two attached hydrogens (primary N) is 1. The lowest BCUT2D eigenvalue weighted by Crippen LogP contribution is -2.60. The number of nitrogens with zero attached hydrogens (tertiary/aromatic N) is 1. The van der Waals surface area contributed by atoms with Gasteiger partial charge in [0.05, 0.1) is 0 Å². The van der Waals surface area contributed by atoms with Crippen molar-refractivity contribution in [2.75, 3.05) is 25.1 Å². The van der Waals surface area contributed by atoms with Crippen molar-refractivity contribution in [2.45, 2.75) is 45.7 Å². The normalized spacial score (nSPS) is 31.2. The molecule has 0 amide bonds. The molecule has 90 valence electrons. The van der Waals surface area contributed by atoms with Gasteiger partial charge in [-0.25, -0.2) is 0 Å². The van der Waals surface area contributed by atoms with Crippen LogP contribution in [-0.2, 0) is 0 Å². The van der Waals surface area contributed by atoms with Crippen molar-refractivity contribution in [3.05, 3.63) is 0 Å². The van der Waals surface area contributed by atoms with E-state index < -0.39 is 0 Å². The second-order valence-corrected chi connectivity index (χ2v) is 6.95. The van der Waals surface area contributed by atoms with Gasteiger partial charge in [0, 0.05) is 23.9 Å². The van der Waals surface area contributed by atoms with E-state index in [0.717, 1.165) is 6.54 Å². The van der Waals surface area contributed by atoms with E-state index in [4.69, 9.17) is 5.73 Å². The Labute approximate surface area is 99.0 Å². The lowest BCUT2D eigenvalue weighted by atomic mass is 9.78. The first-order valence-electron chi connectivity index (χ1n) is 5.84. The van der Waals surface area contributed by atoms with Gasteiger partial charge in [-0.15, -0.1) is 0 Å². The van der Waals surface area contributed by atoms with Crippen molar-refractivity contribution in [2.24, 2.45) is 11.1 Å². The smallest absolute Gasteiger partial charge is 0.0426 e. The van der Waals surface area contributed by atoms with Gasteiger partial charge in [-0.2, -0.15) is 11.8 Å². The molecule has 0 aliphatic carbocycles. The van der Waals surface area contributed by atoms with E-state index in [1.807, 2.05) is 0 Å².